The van der Waals surface area contributed by atoms with E-state index in [1.807, 2.05) is 23.1 Å². The number of hydrogen-bond donors (Lipinski definition) is 0. The molecule has 3 heterocycles. The van der Waals surface area contributed by atoms with Crippen molar-refractivity contribution in [3.63, 3.8) is 0 Å². The predicted molar refractivity (Wildman–Crippen MR) is 79.4 cm³/mol. The van der Waals surface area contributed by atoms with Crippen LogP contribution >= 0.6 is 0 Å². The van der Waals surface area contributed by atoms with Crippen molar-refractivity contribution >= 4 is 5.91 Å². The van der Waals surface area contributed by atoms with Gasteiger partial charge in [0.15, 0.2) is 5.69 Å². The van der Waals surface area contributed by atoms with Crippen molar-refractivity contribution in [1.82, 2.24) is 10.1 Å². The van der Waals surface area contributed by atoms with Crippen molar-refractivity contribution in [2.75, 3.05) is 6.54 Å². The van der Waals surface area contributed by atoms with Crippen LogP contribution in [0.4, 0.5) is 0 Å². The van der Waals surface area contributed by atoms with Crippen LogP contribution in [0.25, 0.3) is 0 Å². The van der Waals surface area contributed by atoms with E-state index in [1.165, 1.54) is 0 Å². The molecule has 0 bridgehead atoms. The minimum Gasteiger partial charge on any atom is -0.467 e. The molecule has 1 saturated heterocycles. The second kappa shape index (κ2) is 5.63. The summed E-state index contributed by atoms with van der Waals surface area (Å²) in [6, 6.07) is 5.66. The highest BCUT2D eigenvalue weighted by molar-refractivity contribution is 5.92. The molecule has 116 valence electrons. The van der Waals surface area contributed by atoms with Gasteiger partial charge in [0.1, 0.15) is 11.5 Å². The number of nitrogens with zero attached hydrogens (tertiary/aromatic N) is 2. The molecule has 0 radical (unpaired) electrons. The van der Waals surface area contributed by atoms with Gasteiger partial charge in [0.25, 0.3) is 5.91 Å². The summed E-state index contributed by atoms with van der Waals surface area (Å²) in [4.78, 5) is 14.8. The van der Waals surface area contributed by atoms with E-state index in [1.54, 1.807) is 6.26 Å². The first-order chi connectivity index (χ1) is 10.8. The Hall–Kier alpha value is -2.04. The van der Waals surface area contributed by atoms with Crippen molar-refractivity contribution in [2.24, 2.45) is 0 Å². The first-order valence-corrected chi connectivity index (χ1v) is 8.14. The second-order valence-corrected chi connectivity index (χ2v) is 6.27. The molecule has 1 aliphatic heterocycles. The van der Waals surface area contributed by atoms with Crippen molar-refractivity contribution < 1.29 is 13.7 Å². The fraction of sp³-hybridized carbons (Fsp3) is 0.529. The van der Waals surface area contributed by atoms with E-state index in [2.05, 4.69) is 5.16 Å². The maximum Gasteiger partial charge on any atom is 0.276 e. The fourth-order valence-electron chi connectivity index (χ4n) is 3.23. The number of carbonyl (C=O) groups excluding carboxylic acids is 1. The number of furan rings is 1. The maximum absolute atomic E-state index is 12.9. The number of carbonyl (C=O) groups is 1. The highest BCUT2D eigenvalue weighted by Crippen LogP contribution is 2.40. The molecular formula is C17H20N2O3. The number of rotatable bonds is 3. The minimum atomic E-state index is -0.0426. The van der Waals surface area contributed by atoms with E-state index in [4.69, 9.17) is 8.94 Å². The molecule has 4 rings (SSSR count). The molecule has 1 saturated carbocycles. The Morgan fingerprint density at radius 3 is 2.86 bits per heavy atom. The Labute approximate surface area is 129 Å². The van der Waals surface area contributed by atoms with E-state index >= 15 is 0 Å². The third-order valence-electron chi connectivity index (χ3n) is 4.61. The third-order valence-corrected chi connectivity index (χ3v) is 4.61. The van der Waals surface area contributed by atoms with Crippen LogP contribution in [0.15, 0.2) is 33.4 Å². The van der Waals surface area contributed by atoms with Crippen LogP contribution in [-0.2, 0) is 0 Å². The quantitative estimate of drug-likeness (QED) is 0.862. The van der Waals surface area contributed by atoms with Crippen LogP contribution in [0, 0.1) is 0 Å². The van der Waals surface area contributed by atoms with Crippen molar-refractivity contribution in [1.29, 1.82) is 0 Å². The number of likely N-dealkylation sites (tertiary alicyclic amines) is 1. The topological polar surface area (TPSA) is 59.5 Å². The molecule has 0 N–H and O–H groups in total. The van der Waals surface area contributed by atoms with Crippen LogP contribution in [0.2, 0.25) is 0 Å². The third kappa shape index (κ3) is 2.56. The predicted octanol–water partition coefficient (Wildman–Crippen LogP) is 3.90. The summed E-state index contributed by atoms with van der Waals surface area (Å²) in [5.74, 6) is 2.15. The molecule has 1 atom stereocenters. The number of aromatic nitrogens is 1. The van der Waals surface area contributed by atoms with Crippen LogP contribution in [-0.4, -0.2) is 22.5 Å². The minimum absolute atomic E-state index is 0.00562. The van der Waals surface area contributed by atoms with E-state index in [-0.39, 0.29) is 11.9 Å². The summed E-state index contributed by atoms with van der Waals surface area (Å²) in [6.45, 7) is 0.746. The fourth-order valence-corrected chi connectivity index (χ4v) is 3.23. The Balaban J connectivity index is 1.59. The molecule has 0 aromatic carbocycles. The van der Waals surface area contributed by atoms with Gasteiger partial charge in [-0.2, -0.15) is 0 Å². The standard InChI is InChI=1S/C17H20N2O3/c20-17(13-11-16(22-18-13)12-7-8-12)19-9-3-1-2-5-14(19)15-6-4-10-21-15/h4,6,10-12,14H,1-3,5,7-9H2/t14-/m1/s1. The number of hydrogen-bond acceptors (Lipinski definition) is 4. The Morgan fingerprint density at radius 2 is 2.09 bits per heavy atom. The van der Waals surface area contributed by atoms with Crippen molar-refractivity contribution in [3.8, 4) is 0 Å². The molecule has 5 heteroatoms. The summed E-state index contributed by atoms with van der Waals surface area (Å²) in [5.41, 5.74) is 0.431. The smallest absolute Gasteiger partial charge is 0.276 e. The zero-order chi connectivity index (χ0) is 14.9. The molecule has 2 aromatic rings. The van der Waals surface area contributed by atoms with Gasteiger partial charge in [-0.05, 0) is 37.8 Å². The lowest BCUT2D eigenvalue weighted by Crippen LogP contribution is -2.34. The largest absolute Gasteiger partial charge is 0.467 e. The van der Waals surface area contributed by atoms with E-state index in [0.717, 1.165) is 56.6 Å². The lowest BCUT2D eigenvalue weighted by molar-refractivity contribution is 0.0647. The van der Waals surface area contributed by atoms with Gasteiger partial charge in [-0.25, -0.2) is 0 Å². The average Bonchev–Trinajstić information content (AvgIpc) is 3.11. The zero-order valence-electron chi connectivity index (χ0n) is 12.5. The molecule has 0 spiro atoms. The summed E-state index contributed by atoms with van der Waals surface area (Å²) < 4.78 is 10.9. The Kier molecular flexibility index (Phi) is 3.48. The molecule has 0 unspecified atom stereocenters. The van der Waals surface area contributed by atoms with E-state index in [0.29, 0.717) is 11.6 Å². The highest BCUT2D eigenvalue weighted by atomic mass is 16.5. The van der Waals surface area contributed by atoms with Crippen LogP contribution < -0.4 is 0 Å². The molecule has 5 nitrogen and oxygen atoms in total. The van der Waals surface area contributed by atoms with E-state index in [9.17, 15) is 4.79 Å². The normalized spacial score (nSPS) is 22.5. The molecule has 2 aromatic heterocycles. The van der Waals surface area contributed by atoms with Crippen molar-refractivity contribution in [2.45, 2.75) is 50.5 Å². The molecule has 2 aliphatic rings. The summed E-state index contributed by atoms with van der Waals surface area (Å²) >= 11 is 0. The summed E-state index contributed by atoms with van der Waals surface area (Å²) in [5, 5.41) is 4.00. The first kappa shape index (κ1) is 13.6. The Bertz CT molecular complexity index is 643. The van der Waals surface area contributed by atoms with Gasteiger partial charge in [0.05, 0.1) is 12.3 Å². The molecule has 22 heavy (non-hydrogen) atoms. The second-order valence-electron chi connectivity index (χ2n) is 6.27. The lowest BCUT2D eigenvalue weighted by Gasteiger charge is -2.27. The lowest BCUT2D eigenvalue weighted by atomic mass is 10.1. The molecule has 1 aliphatic carbocycles. The van der Waals surface area contributed by atoms with Crippen molar-refractivity contribution in [3.05, 3.63) is 41.7 Å². The van der Waals surface area contributed by atoms with Crippen LogP contribution in [0.1, 0.15) is 72.5 Å². The van der Waals surface area contributed by atoms with Gasteiger partial charge < -0.3 is 13.8 Å². The molecular weight excluding hydrogens is 280 g/mol. The average molecular weight is 300 g/mol. The zero-order valence-corrected chi connectivity index (χ0v) is 12.5. The van der Waals surface area contributed by atoms with Crippen LogP contribution in [0.5, 0.6) is 0 Å². The van der Waals surface area contributed by atoms with Gasteiger partial charge in [-0.3, -0.25) is 4.79 Å². The first-order valence-electron chi connectivity index (χ1n) is 8.14. The summed E-state index contributed by atoms with van der Waals surface area (Å²) in [6.07, 6.45) is 8.17. The van der Waals surface area contributed by atoms with Crippen LogP contribution in [0.3, 0.4) is 0 Å². The maximum atomic E-state index is 12.9. The Morgan fingerprint density at radius 1 is 1.18 bits per heavy atom. The molecule has 2 fully saturated rings. The number of amides is 1. The molecule has 1 amide bonds. The van der Waals surface area contributed by atoms with Gasteiger partial charge in [-0.1, -0.05) is 18.0 Å². The van der Waals surface area contributed by atoms with Gasteiger partial charge in [-0.15, -0.1) is 0 Å². The van der Waals surface area contributed by atoms with Gasteiger partial charge in [0.2, 0.25) is 0 Å². The summed E-state index contributed by atoms with van der Waals surface area (Å²) in [7, 11) is 0. The monoisotopic (exact) mass is 300 g/mol. The van der Waals surface area contributed by atoms with Gasteiger partial charge >= 0.3 is 0 Å². The van der Waals surface area contributed by atoms with E-state index < -0.39 is 0 Å². The SMILES string of the molecule is O=C(c1cc(C2CC2)on1)N1CCCCC[C@@H]1c1ccco1. The van der Waals surface area contributed by atoms with Gasteiger partial charge in [0, 0.05) is 18.5 Å². The highest BCUT2D eigenvalue weighted by Gasteiger charge is 2.33.